The summed E-state index contributed by atoms with van der Waals surface area (Å²) in [4.78, 5) is 0. The molecule has 0 spiro atoms. The molecule has 0 unspecified atom stereocenters. The average molecular weight is 281 g/mol. The quantitative estimate of drug-likeness (QED) is 0.880. The van der Waals surface area contributed by atoms with Crippen molar-refractivity contribution in [1.82, 2.24) is 0 Å². The van der Waals surface area contributed by atoms with Crippen LogP contribution in [0.1, 0.15) is 16.7 Å². The lowest BCUT2D eigenvalue weighted by Gasteiger charge is -2.08. The lowest BCUT2D eigenvalue weighted by atomic mass is 10.1. The van der Waals surface area contributed by atoms with Crippen molar-refractivity contribution in [2.75, 3.05) is 6.61 Å². The fraction of sp³-hybridized carbons (Fsp3) is 0.118. The number of benzene rings is 2. The Labute approximate surface area is 122 Å². The second-order valence-corrected chi connectivity index (χ2v) is 4.19. The van der Waals surface area contributed by atoms with E-state index in [-0.39, 0.29) is 13.2 Å². The highest BCUT2D eigenvalue weighted by Crippen LogP contribution is 2.17. The highest BCUT2D eigenvalue weighted by molar-refractivity contribution is 5.41. The van der Waals surface area contributed by atoms with Gasteiger partial charge in [0.2, 0.25) is 0 Å². The van der Waals surface area contributed by atoms with Crippen molar-refractivity contribution in [2.24, 2.45) is 0 Å². The molecular weight excluding hydrogens is 269 g/mol. The first-order valence-corrected chi connectivity index (χ1v) is 6.24. The van der Waals surface area contributed by atoms with E-state index >= 15 is 0 Å². The van der Waals surface area contributed by atoms with E-state index in [9.17, 15) is 4.39 Å². The van der Waals surface area contributed by atoms with E-state index in [1.165, 1.54) is 18.2 Å². The summed E-state index contributed by atoms with van der Waals surface area (Å²) in [6, 6.07) is 13.0. The van der Waals surface area contributed by atoms with Gasteiger partial charge in [-0.05, 0) is 36.4 Å². The van der Waals surface area contributed by atoms with Crippen LogP contribution >= 0.6 is 0 Å². The van der Waals surface area contributed by atoms with Gasteiger partial charge in [0, 0.05) is 11.1 Å². The van der Waals surface area contributed by atoms with Crippen LogP contribution < -0.4 is 4.74 Å². The molecule has 2 aromatic carbocycles. The summed E-state index contributed by atoms with van der Waals surface area (Å²) in [5.74, 6) is 5.48. The molecule has 0 aliphatic carbocycles. The third-order valence-electron chi connectivity index (χ3n) is 2.73. The number of halogens is 1. The molecular formula is C17H12FNO2. The number of nitriles is 1. The maximum absolute atomic E-state index is 13.2. The van der Waals surface area contributed by atoms with Crippen LogP contribution in [-0.2, 0) is 6.61 Å². The van der Waals surface area contributed by atoms with Crippen molar-refractivity contribution >= 4 is 0 Å². The van der Waals surface area contributed by atoms with Crippen LogP contribution in [0, 0.1) is 29.0 Å². The summed E-state index contributed by atoms with van der Waals surface area (Å²) in [7, 11) is 0. The minimum atomic E-state index is -0.407. The molecule has 0 atom stereocenters. The first-order valence-electron chi connectivity index (χ1n) is 6.24. The van der Waals surface area contributed by atoms with E-state index < -0.39 is 5.82 Å². The third-order valence-corrected chi connectivity index (χ3v) is 2.73. The molecule has 0 radical (unpaired) electrons. The second kappa shape index (κ2) is 7.09. The van der Waals surface area contributed by atoms with E-state index in [1.807, 2.05) is 6.07 Å². The number of nitrogens with zero attached hydrogens (tertiary/aromatic N) is 1. The van der Waals surface area contributed by atoms with Crippen LogP contribution in [0.5, 0.6) is 5.75 Å². The summed E-state index contributed by atoms with van der Waals surface area (Å²) in [6.45, 7) is -0.114. The Balaban J connectivity index is 2.13. The second-order valence-electron chi connectivity index (χ2n) is 4.19. The van der Waals surface area contributed by atoms with Gasteiger partial charge in [0.25, 0.3) is 0 Å². The summed E-state index contributed by atoms with van der Waals surface area (Å²) in [6.07, 6.45) is 0. The zero-order valence-electron chi connectivity index (χ0n) is 11.1. The van der Waals surface area contributed by atoms with E-state index in [2.05, 4.69) is 11.8 Å². The SMILES string of the molecule is N#Cc1ccc(F)cc1COc1cccc(C#CCO)c1. The average Bonchev–Trinajstić information content (AvgIpc) is 2.51. The lowest BCUT2D eigenvalue weighted by molar-refractivity contribution is 0.305. The molecule has 2 rings (SSSR count). The van der Waals surface area contributed by atoms with Gasteiger partial charge in [-0.15, -0.1) is 0 Å². The molecule has 0 bridgehead atoms. The highest BCUT2D eigenvalue weighted by Gasteiger charge is 2.05. The molecule has 104 valence electrons. The van der Waals surface area contributed by atoms with Crippen LogP contribution in [-0.4, -0.2) is 11.7 Å². The molecule has 21 heavy (non-hydrogen) atoms. The third kappa shape index (κ3) is 4.07. The van der Waals surface area contributed by atoms with Crippen molar-refractivity contribution in [3.8, 4) is 23.7 Å². The number of aliphatic hydroxyl groups is 1. The highest BCUT2D eigenvalue weighted by atomic mass is 19.1. The number of rotatable bonds is 3. The van der Waals surface area contributed by atoms with Gasteiger partial charge >= 0.3 is 0 Å². The Morgan fingerprint density at radius 1 is 1.19 bits per heavy atom. The van der Waals surface area contributed by atoms with E-state index in [0.29, 0.717) is 22.4 Å². The number of hydrogen-bond donors (Lipinski definition) is 1. The minimum Gasteiger partial charge on any atom is -0.489 e. The standard InChI is InChI=1S/C17H12FNO2/c18-16-7-6-14(11-19)15(10-16)12-21-17-5-1-3-13(9-17)4-2-8-20/h1,3,5-7,9-10,20H,8,12H2. The Kier molecular flexibility index (Phi) is 4.93. The Morgan fingerprint density at radius 3 is 2.81 bits per heavy atom. The van der Waals surface area contributed by atoms with Crippen LogP contribution in [0.15, 0.2) is 42.5 Å². The van der Waals surface area contributed by atoms with E-state index in [1.54, 1.807) is 24.3 Å². The van der Waals surface area contributed by atoms with E-state index in [0.717, 1.165) is 0 Å². The predicted molar refractivity (Wildman–Crippen MR) is 75.9 cm³/mol. The van der Waals surface area contributed by atoms with Crippen LogP contribution in [0.2, 0.25) is 0 Å². The van der Waals surface area contributed by atoms with Crippen molar-refractivity contribution in [2.45, 2.75) is 6.61 Å². The first kappa shape index (κ1) is 14.6. The van der Waals surface area contributed by atoms with Crippen molar-refractivity contribution in [3.05, 3.63) is 65.0 Å². The van der Waals surface area contributed by atoms with Crippen LogP contribution in [0.25, 0.3) is 0 Å². The maximum Gasteiger partial charge on any atom is 0.123 e. The molecule has 0 amide bonds. The van der Waals surface area contributed by atoms with Gasteiger partial charge < -0.3 is 9.84 Å². The molecule has 2 aromatic rings. The fourth-order valence-electron chi connectivity index (χ4n) is 1.76. The van der Waals surface area contributed by atoms with Gasteiger partial charge in [0.05, 0.1) is 11.6 Å². The molecule has 0 aromatic heterocycles. The summed E-state index contributed by atoms with van der Waals surface area (Å²) < 4.78 is 18.8. The summed E-state index contributed by atoms with van der Waals surface area (Å²) in [5, 5.41) is 17.6. The number of ether oxygens (including phenoxy) is 1. The molecule has 0 aliphatic rings. The Morgan fingerprint density at radius 2 is 2.05 bits per heavy atom. The molecule has 0 fully saturated rings. The molecule has 3 nitrogen and oxygen atoms in total. The van der Waals surface area contributed by atoms with Gasteiger partial charge in [-0.1, -0.05) is 17.9 Å². The molecule has 0 heterocycles. The van der Waals surface area contributed by atoms with Crippen molar-refractivity contribution in [1.29, 1.82) is 5.26 Å². The zero-order valence-corrected chi connectivity index (χ0v) is 11.1. The van der Waals surface area contributed by atoms with Crippen molar-refractivity contribution in [3.63, 3.8) is 0 Å². The van der Waals surface area contributed by atoms with E-state index in [4.69, 9.17) is 15.1 Å². The van der Waals surface area contributed by atoms with Gasteiger partial charge in [0.1, 0.15) is 24.8 Å². The summed E-state index contributed by atoms with van der Waals surface area (Å²) in [5.41, 5.74) is 1.58. The van der Waals surface area contributed by atoms with Crippen LogP contribution in [0.3, 0.4) is 0 Å². The molecule has 1 N–H and O–H groups in total. The molecule has 0 saturated heterocycles. The first-order chi connectivity index (χ1) is 10.2. The van der Waals surface area contributed by atoms with Gasteiger partial charge in [-0.25, -0.2) is 4.39 Å². The zero-order chi connectivity index (χ0) is 15.1. The molecule has 0 aliphatic heterocycles. The summed E-state index contributed by atoms with van der Waals surface area (Å²) >= 11 is 0. The van der Waals surface area contributed by atoms with Gasteiger partial charge in [0.15, 0.2) is 0 Å². The normalized spacial score (nSPS) is 9.38. The smallest absolute Gasteiger partial charge is 0.123 e. The number of hydrogen-bond acceptors (Lipinski definition) is 3. The molecule has 0 saturated carbocycles. The van der Waals surface area contributed by atoms with Gasteiger partial charge in [-0.3, -0.25) is 0 Å². The largest absolute Gasteiger partial charge is 0.489 e. The van der Waals surface area contributed by atoms with Crippen LogP contribution in [0.4, 0.5) is 4.39 Å². The predicted octanol–water partition coefficient (Wildman–Crippen LogP) is 2.62. The Hall–Kier alpha value is -2.82. The Bertz CT molecular complexity index is 738. The monoisotopic (exact) mass is 281 g/mol. The minimum absolute atomic E-state index is 0.0948. The van der Waals surface area contributed by atoms with Gasteiger partial charge in [-0.2, -0.15) is 5.26 Å². The topological polar surface area (TPSA) is 53.2 Å². The number of aliphatic hydroxyl groups excluding tert-OH is 1. The lowest BCUT2D eigenvalue weighted by Crippen LogP contribution is -1.99. The fourth-order valence-corrected chi connectivity index (χ4v) is 1.76. The van der Waals surface area contributed by atoms with Crippen molar-refractivity contribution < 1.29 is 14.2 Å². The maximum atomic E-state index is 13.2. The molecule has 4 heteroatoms.